The molecule has 0 saturated heterocycles. The molecule has 4 aliphatic rings. The highest BCUT2D eigenvalue weighted by atomic mass is 14.9. The summed E-state index contributed by atoms with van der Waals surface area (Å²) in [4.78, 5) is 0. The summed E-state index contributed by atoms with van der Waals surface area (Å²) >= 11 is 0. The molecule has 224 valence electrons. The highest BCUT2D eigenvalue weighted by Gasteiger charge is 1.99. The van der Waals surface area contributed by atoms with Crippen molar-refractivity contribution < 1.29 is 0 Å². The van der Waals surface area contributed by atoms with Crippen molar-refractivity contribution in [1.29, 1.82) is 0 Å². The summed E-state index contributed by atoms with van der Waals surface area (Å²) in [5.41, 5.74) is 5.70. The first-order chi connectivity index (χ1) is 19.9. The average molecular weight is 551 g/mol. The maximum atomic E-state index is 3.59. The lowest BCUT2D eigenvalue weighted by atomic mass is 10.0. The number of aryl methyl sites for hydroxylation is 2. The molecule has 0 amide bonds. The van der Waals surface area contributed by atoms with Gasteiger partial charge in [-0.2, -0.15) is 0 Å². The lowest BCUT2D eigenvalue weighted by Gasteiger charge is -2.09. The molecule has 0 saturated carbocycles. The lowest BCUT2D eigenvalue weighted by molar-refractivity contribution is 0.555. The van der Waals surface area contributed by atoms with E-state index in [0.717, 1.165) is 91.4 Å². The molecule has 0 aromatic heterocycles. The fourth-order valence-electron chi connectivity index (χ4n) is 5.16. The molecule has 6 heteroatoms. The van der Waals surface area contributed by atoms with Crippen LogP contribution in [0, 0.1) is 0 Å². The minimum Gasteiger partial charge on any atom is -0.315 e. The molecule has 40 heavy (non-hydrogen) atoms. The van der Waals surface area contributed by atoms with E-state index in [2.05, 4.69) is 80.4 Å². The summed E-state index contributed by atoms with van der Waals surface area (Å²) in [6, 6.07) is 18.4. The minimum atomic E-state index is 0.946. The molecule has 6 rings (SSSR count). The summed E-state index contributed by atoms with van der Waals surface area (Å²) in [6.45, 7) is 12.6. The molecule has 2 aromatic carbocycles. The summed E-state index contributed by atoms with van der Waals surface area (Å²) in [6.07, 6.45) is 12.5. The highest BCUT2D eigenvalue weighted by Crippen LogP contribution is 2.11. The van der Waals surface area contributed by atoms with E-state index < -0.39 is 0 Å². The minimum absolute atomic E-state index is 0.946. The topological polar surface area (TPSA) is 72.2 Å². The van der Waals surface area contributed by atoms with Gasteiger partial charge in [0, 0.05) is 39.3 Å². The first-order valence-corrected chi connectivity index (χ1v) is 16.3. The van der Waals surface area contributed by atoms with Crippen LogP contribution >= 0.6 is 0 Å². The Bertz CT molecular complexity index is 697. The smallest absolute Gasteiger partial charge is 0.0205 e. The second kappa shape index (κ2) is 22.8. The zero-order valence-electron chi connectivity index (χ0n) is 25.2. The van der Waals surface area contributed by atoms with Crippen molar-refractivity contribution in [3.8, 4) is 0 Å². The molecule has 4 heterocycles. The second-order valence-electron chi connectivity index (χ2n) is 11.3. The van der Waals surface area contributed by atoms with E-state index >= 15 is 0 Å². The molecule has 0 fully saturated rings. The zero-order chi connectivity index (χ0) is 27.8. The quantitative estimate of drug-likeness (QED) is 0.296. The molecule has 4 aliphatic heterocycles. The molecular formula is C34H58N6. The Hall–Kier alpha value is -1.80. The van der Waals surface area contributed by atoms with Crippen molar-refractivity contribution in [2.75, 3.05) is 65.4 Å². The van der Waals surface area contributed by atoms with Gasteiger partial charge in [-0.25, -0.2) is 0 Å². The SMILES string of the molecule is c1cc2ccc1CCCCCNCCNCCCNCc1ccc(cc1)CNCCCNCCNCCCCC2. The fraction of sp³-hybridized carbons (Fsp3) is 0.647. The predicted octanol–water partition coefficient (Wildman–Crippen LogP) is 4.14. The first kappa shape index (κ1) is 32.7. The monoisotopic (exact) mass is 550 g/mol. The van der Waals surface area contributed by atoms with Crippen LogP contribution < -0.4 is 31.9 Å². The second-order valence-corrected chi connectivity index (χ2v) is 11.3. The third kappa shape index (κ3) is 16.5. The van der Waals surface area contributed by atoms with Gasteiger partial charge in [0.2, 0.25) is 0 Å². The Kier molecular flexibility index (Phi) is 18.7. The van der Waals surface area contributed by atoms with Gasteiger partial charge < -0.3 is 31.9 Å². The maximum Gasteiger partial charge on any atom is 0.0205 e. The van der Waals surface area contributed by atoms with E-state index in [9.17, 15) is 0 Å². The summed E-state index contributed by atoms with van der Waals surface area (Å²) < 4.78 is 0. The fourth-order valence-corrected chi connectivity index (χ4v) is 5.16. The third-order valence-corrected chi connectivity index (χ3v) is 7.71. The van der Waals surface area contributed by atoms with Crippen LogP contribution in [0.2, 0.25) is 0 Å². The Morgan fingerprint density at radius 2 is 0.600 bits per heavy atom. The van der Waals surface area contributed by atoms with Gasteiger partial charge in [-0.15, -0.1) is 0 Å². The number of rotatable bonds is 0. The Balaban J connectivity index is 1.30. The van der Waals surface area contributed by atoms with E-state index in [1.165, 1.54) is 73.6 Å². The van der Waals surface area contributed by atoms with Crippen molar-refractivity contribution in [2.24, 2.45) is 0 Å². The maximum absolute atomic E-state index is 3.59. The third-order valence-electron chi connectivity index (χ3n) is 7.71. The standard InChI is InChI=1S/C34H58N6/c1-3-9-31-11-13-32(14-12-31)10-4-2-6-20-36-26-28-38-22-8-24-40-30-34-17-15-33(16-18-34)29-39-23-7-21-37-27-25-35-19-5-1/h11-18,35-40H,1-10,19-30H2. The van der Waals surface area contributed by atoms with Crippen molar-refractivity contribution in [2.45, 2.75) is 77.3 Å². The number of nitrogens with one attached hydrogen (secondary N) is 6. The predicted molar refractivity (Wildman–Crippen MR) is 172 cm³/mol. The molecule has 0 radical (unpaired) electrons. The van der Waals surface area contributed by atoms with Crippen LogP contribution in [-0.4, -0.2) is 65.4 Å². The van der Waals surface area contributed by atoms with E-state index in [1.807, 2.05) is 0 Å². The van der Waals surface area contributed by atoms with Gasteiger partial charge >= 0.3 is 0 Å². The van der Waals surface area contributed by atoms with Crippen LogP contribution in [0.1, 0.15) is 73.6 Å². The van der Waals surface area contributed by atoms with E-state index in [-0.39, 0.29) is 0 Å². The van der Waals surface area contributed by atoms with Gasteiger partial charge in [0.25, 0.3) is 0 Å². The molecule has 0 atom stereocenters. The Morgan fingerprint density at radius 3 is 1.00 bits per heavy atom. The number of hydrogen-bond donors (Lipinski definition) is 6. The first-order valence-electron chi connectivity index (χ1n) is 16.3. The van der Waals surface area contributed by atoms with Crippen molar-refractivity contribution in [1.82, 2.24) is 31.9 Å². The molecule has 0 unspecified atom stereocenters. The molecule has 0 spiro atoms. The van der Waals surface area contributed by atoms with Crippen LogP contribution in [0.4, 0.5) is 0 Å². The molecule has 4 bridgehead atoms. The van der Waals surface area contributed by atoms with E-state index in [1.54, 1.807) is 0 Å². The average Bonchev–Trinajstić information content (AvgIpc) is 2.98. The van der Waals surface area contributed by atoms with Crippen molar-refractivity contribution >= 4 is 0 Å². The van der Waals surface area contributed by atoms with Gasteiger partial charge in [-0.05, 0) is 113 Å². The van der Waals surface area contributed by atoms with E-state index in [0.29, 0.717) is 0 Å². The van der Waals surface area contributed by atoms with Gasteiger partial charge in [0.1, 0.15) is 0 Å². The molecule has 6 N–H and O–H groups in total. The normalized spacial score (nSPS) is 20.2. The van der Waals surface area contributed by atoms with Gasteiger partial charge in [0.05, 0.1) is 0 Å². The Labute approximate surface area is 245 Å². The highest BCUT2D eigenvalue weighted by molar-refractivity contribution is 5.23. The van der Waals surface area contributed by atoms with Crippen LogP contribution in [0.5, 0.6) is 0 Å². The van der Waals surface area contributed by atoms with Crippen LogP contribution in [0.3, 0.4) is 0 Å². The van der Waals surface area contributed by atoms with Crippen LogP contribution in [-0.2, 0) is 25.9 Å². The molecular weight excluding hydrogens is 492 g/mol. The largest absolute Gasteiger partial charge is 0.315 e. The van der Waals surface area contributed by atoms with Gasteiger partial charge in [-0.1, -0.05) is 61.4 Å². The molecule has 6 nitrogen and oxygen atoms in total. The van der Waals surface area contributed by atoms with Crippen molar-refractivity contribution in [3.63, 3.8) is 0 Å². The van der Waals surface area contributed by atoms with Crippen LogP contribution in [0.25, 0.3) is 0 Å². The Morgan fingerprint density at radius 1 is 0.275 bits per heavy atom. The number of hydrogen-bond acceptors (Lipinski definition) is 6. The summed E-state index contributed by atoms with van der Waals surface area (Å²) in [5.74, 6) is 0. The summed E-state index contributed by atoms with van der Waals surface area (Å²) in [5, 5.41) is 21.5. The zero-order valence-corrected chi connectivity index (χ0v) is 25.2. The van der Waals surface area contributed by atoms with Crippen molar-refractivity contribution in [3.05, 3.63) is 70.8 Å². The number of benzene rings is 2. The van der Waals surface area contributed by atoms with E-state index in [4.69, 9.17) is 0 Å². The molecule has 0 aliphatic carbocycles. The lowest BCUT2D eigenvalue weighted by Crippen LogP contribution is -2.30. The van der Waals surface area contributed by atoms with Crippen LogP contribution in [0.15, 0.2) is 48.5 Å². The van der Waals surface area contributed by atoms with Gasteiger partial charge in [-0.3, -0.25) is 0 Å². The summed E-state index contributed by atoms with van der Waals surface area (Å²) in [7, 11) is 0. The molecule has 2 aromatic rings. The van der Waals surface area contributed by atoms with Gasteiger partial charge in [0.15, 0.2) is 0 Å².